The zero-order valence-electron chi connectivity index (χ0n) is 10.5. The molecule has 0 aliphatic carbocycles. The first kappa shape index (κ1) is 15.7. The Bertz CT molecular complexity index is 482. The first-order valence-corrected chi connectivity index (χ1v) is 6.22. The Balaban J connectivity index is 2.61. The van der Waals surface area contributed by atoms with Crippen LogP contribution in [0.4, 0.5) is 0 Å². The molecule has 0 aliphatic rings. The van der Waals surface area contributed by atoms with Crippen molar-refractivity contribution in [2.75, 3.05) is 20.7 Å². The molecule has 19 heavy (non-hydrogen) atoms. The van der Waals surface area contributed by atoms with Crippen molar-refractivity contribution < 1.29 is 14.3 Å². The topological polar surface area (TPSA) is 72.4 Å². The van der Waals surface area contributed by atoms with Gasteiger partial charge >= 0.3 is 5.97 Å². The van der Waals surface area contributed by atoms with E-state index in [1.54, 1.807) is 7.05 Å². The van der Waals surface area contributed by atoms with Gasteiger partial charge in [0.05, 0.1) is 12.7 Å². The van der Waals surface area contributed by atoms with Gasteiger partial charge in [0.2, 0.25) is 0 Å². The van der Waals surface area contributed by atoms with E-state index in [0.29, 0.717) is 13.0 Å². The van der Waals surface area contributed by atoms with Crippen LogP contribution < -0.4 is 0 Å². The minimum Gasteiger partial charge on any atom is -0.469 e. The van der Waals surface area contributed by atoms with Crippen LogP contribution in [0, 0.1) is 0 Å². The molecule has 0 aromatic carbocycles. The second-order valence-corrected chi connectivity index (χ2v) is 4.52. The summed E-state index contributed by atoms with van der Waals surface area (Å²) < 4.78 is 4.51. The van der Waals surface area contributed by atoms with Gasteiger partial charge in [-0.15, -0.1) is 10.2 Å². The van der Waals surface area contributed by atoms with Gasteiger partial charge in [-0.2, -0.15) is 0 Å². The summed E-state index contributed by atoms with van der Waals surface area (Å²) in [5.41, 5.74) is 0.183. The van der Waals surface area contributed by atoms with Gasteiger partial charge in [0.25, 0.3) is 5.91 Å². The Kier molecular flexibility index (Phi) is 5.98. The number of ether oxygens (including phenoxy) is 1. The van der Waals surface area contributed by atoms with Crippen LogP contribution in [0.3, 0.4) is 0 Å². The summed E-state index contributed by atoms with van der Waals surface area (Å²) in [4.78, 5) is 24.4. The monoisotopic (exact) mass is 305 g/mol. The second-order valence-electron chi connectivity index (χ2n) is 3.78. The Hall–Kier alpha value is -1.40. The van der Waals surface area contributed by atoms with Crippen LogP contribution in [-0.2, 0) is 9.53 Å². The lowest BCUT2D eigenvalue weighted by Gasteiger charge is -2.17. The highest BCUT2D eigenvalue weighted by Gasteiger charge is 2.17. The third-order valence-electron chi connectivity index (χ3n) is 2.40. The molecule has 0 aliphatic heterocycles. The highest BCUT2D eigenvalue weighted by atomic mass is 35.5. The zero-order valence-corrected chi connectivity index (χ0v) is 12.0. The Morgan fingerprint density at radius 2 is 2.05 bits per heavy atom. The van der Waals surface area contributed by atoms with Gasteiger partial charge in [-0.05, 0) is 12.5 Å². The molecule has 104 valence electrons. The predicted octanol–water partition coefficient (Wildman–Crippen LogP) is 1.81. The van der Waals surface area contributed by atoms with Crippen molar-refractivity contribution in [1.82, 2.24) is 15.1 Å². The maximum absolute atomic E-state index is 12.1. The van der Waals surface area contributed by atoms with Gasteiger partial charge in [0.1, 0.15) is 0 Å². The molecule has 0 radical (unpaired) electrons. The molecular weight excluding hydrogens is 293 g/mol. The van der Waals surface area contributed by atoms with Crippen LogP contribution >= 0.6 is 23.2 Å². The molecule has 1 rings (SSSR count). The fourth-order valence-electron chi connectivity index (χ4n) is 1.37. The van der Waals surface area contributed by atoms with E-state index in [0.717, 1.165) is 0 Å². The standard InChI is InChI=1S/C11H13Cl2N3O3/c1-16(5-3-4-9(17)19-2)11(18)7-6-8(12)14-15-10(7)13/h6H,3-5H2,1-2H3. The summed E-state index contributed by atoms with van der Waals surface area (Å²) >= 11 is 11.5. The number of carbonyl (C=O) groups is 2. The predicted molar refractivity (Wildman–Crippen MR) is 70.3 cm³/mol. The van der Waals surface area contributed by atoms with Crippen LogP contribution in [0.15, 0.2) is 6.07 Å². The Morgan fingerprint density at radius 3 is 2.68 bits per heavy atom. The molecule has 0 fully saturated rings. The average Bonchev–Trinajstić information content (AvgIpc) is 2.40. The molecule has 1 amide bonds. The third-order valence-corrected chi connectivity index (χ3v) is 2.86. The van der Waals surface area contributed by atoms with Crippen molar-refractivity contribution in [3.63, 3.8) is 0 Å². The fraction of sp³-hybridized carbons (Fsp3) is 0.455. The summed E-state index contributed by atoms with van der Waals surface area (Å²) in [6.45, 7) is 0.393. The van der Waals surface area contributed by atoms with E-state index in [4.69, 9.17) is 23.2 Å². The van der Waals surface area contributed by atoms with Crippen molar-refractivity contribution in [1.29, 1.82) is 0 Å². The van der Waals surface area contributed by atoms with E-state index in [-0.39, 0.29) is 34.2 Å². The van der Waals surface area contributed by atoms with Crippen LogP contribution in [0.1, 0.15) is 23.2 Å². The summed E-state index contributed by atoms with van der Waals surface area (Å²) in [6.07, 6.45) is 0.746. The maximum atomic E-state index is 12.1. The number of halogens is 2. The van der Waals surface area contributed by atoms with Crippen LogP contribution in [0.25, 0.3) is 0 Å². The molecule has 0 N–H and O–H groups in total. The fourth-order valence-corrected chi connectivity index (χ4v) is 1.69. The van der Waals surface area contributed by atoms with Gasteiger partial charge < -0.3 is 9.64 Å². The smallest absolute Gasteiger partial charge is 0.305 e. The van der Waals surface area contributed by atoms with Gasteiger partial charge in [-0.3, -0.25) is 9.59 Å². The number of hydrogen-bond donors (Lipinski definition) is 0. The minimum absolute atomic E-state index is 0.00535. The molecule has 1 heterocycles. The molecule has 0 atom stereocenters. The lowest BCUT2D eigenvalue weighted by molar-refractivity contribution is -0.140. The second kappa shape index (κ2) is 7.25. The molecule has 8 heteroatoms. The summed E-state index contributed by atoms with van der Waals surface area (Å²) in [6, 6.07) is 1.36. The number of methoxy groups -OCH3 is 1. The number of aromatic nitrogens is 2. The molecule has 0 spiro atoms. The molecule has 1 aromatic rings. The Morgan fingerprint density at radius 1 is 1.37 bits per heavy atom. The van der Waals surface area contributed by atoms with E-state index < -0.39 is 0 Å². The zero-order chi connectivity index (χ0) is 14.4. The SMILES string of the molecule is COC(=O)CCCN(C)C(=O)c1cc(Cl)nnc1Cl. The lowest BCUT2D eigenvalue weighted by Crippen LogP contribution is -2.28. The van der Waals surface area contributed by atoms with Crippen LogP contribution in [0.2, 0.25) is 10.3 Å². The number of esters is 1. The van der Waals surface area contributed by atoms with Crippen molar-refractivity contribution >= 4 is 35.1 Å². The normalized spacial score (nSPS) is 10.1. The van der Waals surface area contributed by atoms with Crippen LogP contribution in [-0.4, -0.2) is 47.7 Å². The molecule has 6 nitrogen and oxygen atoms in total. The minimum atomic E-state index is -0.327. The van der Waals surface area contributed by atoms with E-state index in [1.165, 1.54) is 18.1 Å². The highest BCUT2D eigenvalue weighted by molar-refractivity contribution is 6.34. The summed E-state index contributed by atoms with van der Waals surface area (Å²) in [7, 11) is 2.92. The highest BCUT2D eigenvalue weighted by Crippen LogP contribution is 2.17. The lowest BCUT2D eigenvalue weighted by atomic mass is 10.2. The molecular formula is C11H13Cl2N3O3. The molecule has 1 aromatic heterocycles. The quantitative estimate of drug-likeness (QED) is 0.776. The molecule has 0 saturated carbocycles. The number of amides is 1. The first-order valence-electron chi connectivity index (χ1n) is 5.46. The number of carbonyl (C=O) groups excluding carboxylic acids is 2. The number of nitrogens with zero attached hydrogens (tertiary/aromatic N) is 3. The van der Waals surface area contributed by atoms with Crippen molar-refractivity contribution in [2.45, 2.75) is 12.8 Å². The molecule has 0 saturated heterocycles. The number of rotatable bonds is 5. The van der Waals surface area contributed by atoms with E-state index in [2.05, 4.69) is 14.9 Å². The van der Waals surface area contributed by atoms with Gasteiger partial charge in [-0.1, -0.05) is 23.2 Å². The van der Waals surface area contributed by atoms with Crippen molar-refractivity contribution in [3.8, 4) is 0 Å². The number of hydrogen-bond acceptors (Lipinski definition) is 5. The Labute approximate surface area is 120 Å². The van der Waals surface area contributed by atoms with E-state index in [1.807, 2.05) is 0 Å². The maximum Gasteiger partial charge on any atom is 0.305 e. The molecule has 0 unspecified atom stereocenters. The molecule has 0 bridgehead atoms. The largest absolute Gasteiger partial charge is 0.469 e. The average molecular weight is 306 g/mol. The van der Waals surface area contributed by atoms with E-state index >= 15 is 0 Å². The summed E-state index contributed by atoms with van der Waals surface area (Å²) in [5, 5.41) is 7.18. The van der Waals surface area contributed by atoms with E-state index in [9.17, 15) is 9.59 Å². The van der Waals surface area contributed by atoms with Crippen molar-refractivity contribution in [2.24, 2.45) is 0 Å². The van der Waals surface area contributed by atoms with Crippen LogP contribution in [0.5, 0.6) is 0 Å². The van der Waals surface area contributed by atoms with Gasteiger partial charge in [0, 0.05) is 20.0 Å². The summed E-state index contributed by atoms with van der Waals surface area (Å²) in [5.74, 6) is -0.640. The van der Waals surface area contributed by atoms with Crippen molar-refractivity contribution in [3.05, 3.63) is 21.9 Å². The van der Waals surface area contributed by atoms with Gasteiger partial charge in [0.15, 0.2) is 10.3 Å². The first-order chi connectivity index (χ1) is 8.95. The third kappa shape index (κ3) is 4.65. The van der Waals surface area contributed by atoms with Gasteiger partial charge in [-0.25, -0.2) is 0 Å².